The molecule has 19 heavy (non-hydrogen) atoms. The molecule has 0 heterocycles. The van der Waals surface area contributed by atoms with Crippen molar-refractivity contribution in [1.29, 1.82) is 0 Å². The summed E-state index contributed by atoms with van der Waals surface area (Å²) in [5.74, 6) is 3.25. The highest BCUT2D eigenvalue weighted by atomic mass is 16.5. The van der Waals surface area contributed by atoms with Crippen LogP contribution in [0.4, 0.5) is 0 Å². The van der Waals surface area contributed by atoms with E-state index in [0.717, 1.165) is 30.1 Å². The topological polar surface area (TPSA) is 35.2 Å². The molecule has 0 aliphatic heterocycles. The van der Waals surface area contributed by atoms with E-state index in [1.54, 1.807) is 0 Å². The van der Waals surface area contributed by atoms with E-state index in [0.29, 0.717) is 12.2 Å². The second-order valence-corrected chi connectivity index (χ2v) is 7.55. The van der Waals surface area contributed by atoms with Gasteiger partial charge < -0.3 is 10.5 Å². The third kappa shape index (κ3) is 3.95. The fourth-order valence-electron chi connectivity index (χ4n) is 3.81. The summed E-state index contributed by atoms with van der Waals surface area (Å²) in [5, 5.41) is 0. The van der Waals surface area contributed by atoms with Crippen LogP contribution in [0, 0.1) is 23.7 Å². The third-order valence-corrected chi connectivity index (χ3v) is 5.74. The Kier molecular flexibility index (Phi) is 5.30. The lowest BCUT2D eigenvalue weighted by Crippen LogP contribution is -2.45. The minimum atomic E-state index is 0.268. The lowest BCUT2D eigenvalue weighted by molar-refractivity contribution is -0.0794. The van der Waals surface area contributed by atoms with Gasteiger partial charge in [-0.1, -0.05) is 27.7 Å². The summed E-state index contributed by atoms with van der Waals surface area (Å²) in [6.07, 6.45) is 8.18. The van der Waals surface area contributed by atoms with E-state index in [4.69, 9.17) is 10.5 Å². The fourth-order valence-corrected chi connectivity index (χ4v) is 3.81. The molecule has 0 spiro atoms. The van der Waals surface area contributed by atoms with E-state index in [1.165, 1.54) is 32.1 Å². The largest absolute Gasteiger partial charge is 0.373 e. The maximum atomic E-state index is 6.42. The van der Waals surface area contributed by atoms with Crippen molar-refractivity contribution < 1.29 is 4.74 Å². The Morgan fingerprint density at radius 1 is 0.947 bits per heavy atom. The molecule has 0 aromatic heterocycles. The lowest BCUT2D eigenvalue weighted by Gasteiger charge is -2.40. The standard InChI is InChI=1S/C17H33NO/c1-11(2)14-6-8-16(18)17(10-14)19-15-7-5-12(3)13(4)9-15/h11-17H,5-10,18H2,1-4H3. The van der Waals surface area contributed by atoms with Crippen molar-refractivity contribution >= 4 is 0 Å². The minimum absolute atomic E-state index is 0.268. The van der Waals surface area contributed by atoms with Crippen molar-refractivity contribution in [2.45, 2.75) is 84.5 Å². The van der Waals surface area contributed by atoms with Gasteiger partial charge in [0.1, 0.15) is 0 Å². The molecule has 2 fully saturated rings. The van der Waals surface area contributed by atoms with Crippen molar-refractivity contribution in [1.82, 2.24) is 0 Å². The zero-order valence-corrected chi connectivity index (χ0v) is 13.3. The van der Waals surface area contributed by atoms with Crippen molar-refractivity contribution in [3.05, 3.63) is 0 Å². The maximum Gasteiger partial charge on any atom is 0.0732 e. The molecule has 0 bridgehead atoms. The number of ether oxygens (including phenoxy) is 1. The van der Waals surface area contributed by atoms with E-state index in [1.807, 2.05) is 0 Å². The molecule has 2 nitrogen and oxygen atoms in total. The average Bonchev–Trinajstić information content (AvgIpc) is 2.36. The Morgan fingerprint density at radius 3 is 2.32 bits per heavy atom. The molecule has 0 aromatic rings. The highest BCUT2D eigenvalue weighted by molar-refractivity contribution is 4.86. The highest BCUT2D eigenvalue weighted by Gasteiger charge is 2.34. The summed E-state index contributed by atoms with van der Waals surface area (Å²) in [4.78, 5) is 0. The molecule has 0 saturated heterocycles. The Hall–Kier alpha value is -0.0800. The van der Waals surface area contributed by atoms with Crippen LogP contribution in [0.25, 0.3) is 0 Å². The van der Waals surface area contributed by atoms with Crippen molar-refractivity contribution in [3.63, 3.8) is 0 Å². The molecular weight excluding hydrogens is 234 g/mol. The van der Waals surface area contributed by atoms with Crippen LogP contribution in [0.3, 0.4) is 0 Å². The van der Waals surface area contributed by atoms with E-state index in [9.17, 15) is 0 Å². The first-order valence-electron chi connectivity index (χ1n) is 8.38. The second-order valence-electron chi connectivity index (χ2n) is 7.55. The quantitative estimate of drug-likeness (QED) is 0.839. The van der Waals surface area contributed by atoms with Gasteiger partial charge in [0, 0.05) is 6.04 Å². The SMILES string of the molecule is CC(C)C1CCC(N)C(OC2CCC(C)C(C)C2)C1. The third-order valence-electron chi connectivity index (χ3n) is 5.74. The molecular formula is C17H33NO. The molecule has 6 atom stereocenters. The lowest BCUT2D eigenvalue weighted by atomic mass is 9.77. The molecule has 2 aliphatic carbocycles. The summed E-state index contributed by atoms with van der Waals surface area (Å²) >= 11 is 0. The summed E-state index contributed by atoms with van der Waals surface area (Å²) in [6, 6.07) is 0.268. The molecule has 0 radical (unpaired) electrons. The molecule has 2 saturated carbocycles. The van der Waals surface area contributed by atoms with Gasteiger partial charge in [0.05, 0.1) is 12.2 Å². The van der Waals surface area contributed by atoms with Gasteiger partial charge in [-0.05, 0) is 62.2 Å². The fraction of sp³-hybridized carbons (Fsp3) is 1.00. The van der Waals surface area contributed by atoms with Gasteiger partial charge in [0.15, 0.2) is 0 Å². The maximum absolute atomic E-state index is 6.42. The van der Waals surface area contributed by atoms with E-state index in [2.05, 4.69) is 27.7 Å². The monoisotopic (exact) mass is 267 g/mol. The van der Waals surface area contributed by atoms with Crippen LogP contribution in [0.1, 0.15) is 66.2 Å². The first kappa shape index (κ1) is 15.3. The van der Waals surface area contributed by atoms with Gasteiger partial charge >= 0.3 is 0 Å². The average molecular weight is 267 g/mol. The van der Waals surface area contributed by atoms with Crippen LogP contribution in [-0.2, 0) is 4.74 Å². The summed E-state index contributed by atoms with van der Waals surface area (Å²) in [7, 11) is 0. The zero-order chi connectivity index (χ0) is 14.0. The van der Waals surface area contributed by atoms with Gasteiger partial charge in [-0.25, -0.2) is 0 Å². The Bertz CT molecular complexity index is 278. The predicted octanol–water partition coefficient (Wildman–Crippen LogP) is 3.98. The number of nitrogens with two attached hydrogens (primary N) is 1. The zero-order valence-electron chi connectivity index (χ0n) is 13.3. The first-order valence-corrected chi connectivity index (χ1v) is 8.38. The second kappa shape index (κ2) is 6.58. The van der Waals surface area contributed by atoms with Gasteiger partial charge in [-0.15, -0.1) is 0 Å². The molecule has 0 amide bonds. The molecule has 0 aromatic carbocycles. The van der Waals surface area contributed by atoms with Crippen molar-refractivity contribution in [2.24, 2.45) is 29.4 Å². The predicted molar refractivity (Wildman–Crippen MR) is 81.0 cm³/mol. The Morgan fingerprint density at radius 2 is 1.68 bits per heavy atom. The summed E-state index contributed by atoms with van der Waals surface area (Å²) < 4.78 is 6.42. The number of rotatable bonds is 3. The summed E-state index contributed by atoms with van der Waals surface area (Å²) in [5.41, 5.74) is 6.30. The molecule has 112 valence electrons. The van der Waals surface area contributed by atoms with Gasteiger partial charge in [0.2, 0.25) is 0 Å². The van der Waals surface area contributed by atoms with Gasteiger partial charge in [-0.3, -0.25) is 0 Å². The Balaban J connectivity index is 1.86. The smallest absolute Gasteiger partial charge is 0.0732 e. The van der Waals surface area contributed by atoms with Crippen LogP contribution < -0.4 is 5.73 Å². The van der Waals surface area contributed by atoms with Gasteiger partial charge in [0.25, 0.3) is 0 Å². The first-order chi connectivity index (χ1) is 8.97. The van der Waals surface area contributed by atoms with E-state index in [-0.39, 0.29) is 6.04 Å². The van der Waals surface area contributed by atoms with Crippen LogP contribution in [-0.4, -0.2) is 18.2 Å². The van der Waals surface area contributed by atoms with E-state index >= 15 is 0 Å². The molecule has 2 heteroatoms. The van der Waals surface area contributed by atoms with Crippen LogP contribution in [0.5, 0.6) is 0 Å². The Labute approximate surface area is 119 Å². The van der Waals surface area contributed by atoms with Crippen LogP contribution in [0.15, 0.2) is 0 Å². The molecule has 2 N–H and O–H groups in total. The minimum Gasteiger partial charge on any atom is -0.373 e. The molecule has 2 aliphatic rings. The van der Waals surface area contributed by atoms with E-state index < -0.39 is 0 Å². The van der Waals surface area contributed by atoms with Crippen LogP contribution in [0.2, 0.25) is 0 Å². The highest BCUT2D eigenvalue weighted by Crippen LogP contribution is 2.35. The summed E-state index contributed by atoms with van der Waals surface area (Å²) in [6.45, 7) is 9.42. The molecule has 6 unspecified atom stereocenters. The normalized spacial score (nSPS) is 44.5. The number of hydrogen-bond acceptors (Lipinski definition) is 2. The molecule has 2 rings (SSSR count). The van der Waals surface area contributed by atoms with Crippen molar-refractivity contribution in [3.8, 4) is 0 Å². The number of hydrogen-bond donors (Lipinski definition) is 1. The van der Waals surface area contributed by atoms with Crippen LogP contribution >= 0.6 is 0 Å². The van der Waals surface area contributed by atoms with Crippen molar-refractivity contribution in [2.75, 3.05) is 0 Å². The van der Waals surface area contributed by atoms with Gasteiger partial charge in [-0.2, -0.15) is 0 Å².